The standard InChI is InChI=1S/C15H23N3O4S/c1-14-7-17(3)8-15(14,2)10-18(9-14)23(20,21)11-5-12(16-6-11)13(19)22-4/h5-6,16H,7-10H2,1-4H3/t14-,15-/m0/s1. The number of fused-ring (bicyclic) bond motifs is 1. The maximum absolute atomic E-state index is 12.9. The molecular formula is C15H23N3O4S. The molecule has 0 aliphatic carbocycles. The summed E-state index contributed by atoms with van der Waals surface area (Å²) in [6, 6.07) is 1.34. The molecule has 3 heterocycles. The van der Waals surface area contributed by atoms with Gasteiger partial charge in [0.2, 0.25) is 10.0 Å². The van der Waals surface area contributed by atoms with E-state index in [9.17, 15) is 13.2 Å². The summed E-state index contributed by atoms with van der Waals surface area (Å²) in [7, 11) is -0.287. The van der Waals surface area contributed by atoms with E-state index in [-0.39, 0.29) is 21.4 Å². The number of ether oxygens (including phenoxy) is 1. The highest BCUT2D eigenvalue weighted by Gasteiger charge is 2.58. The number of aromatic amines is 1. The van der Waals surface area contributed by atoms with Crippen LogP contribution in [0.15, 0.2) is 17.2 Å². The SMILES string of the molecule is COC(=O)c1cc(S(=O)(=O)N2C[C@]3(C)CN(C)C[C@@]3(C)C2)c[nH]1. The van der Waals surface area contributed by atoms with Crippen molar-refractivity contribution in [2.24, 2.45) is 10.8 Å². The van der Waals surface area contributed by atoms with Gasteiger partial charge in [-0.2, -0.15) is 4.31 Å². The van der Waals surface area contributed by atoms with Crippen LogP contribution in [0.3, 0.4) is 0 Å². The molecule has 128 valence electrons. The first-order valence-corrected chi connectivity index (χ1v) is 9.01. The van der Waals surface area contributed by atoms with Crippen LogP contribution in [0.2, 0.25) is 0 Å². The van der Waals surface area contributed by atoms with Gasteiger partial charge in [-0.05, 0) is 13.1 Å². The van der Waals surface area contributed by atoms with E-state index in [0.29, 0.717) is 13.1 Å². The highest BCUT2D eigenvalue weighted by Crippen LogP contribution is 2.52. The van der Waals surface area contributed by atoms with Crippen LogP contribution in [-0.4, -0.2) is 68.9 Å². The minimum Gasteiger partial charge on any atom is -0.464 e. The highest BCUT2D eigenvalue weighted by molar-refractivity contribution is 7.89. The third kappa shape index (κ3) is 2.40. The minimum absolute atomic E-state index is 0.0592. The summed E-state index contributed by atoms with van der Waals surface area (Å²) in [6.45, 7) is 7.07. The number of esters is 1. The van der Waals surface area contributed by atoms with Crippen molar-refractivity contribution in [2.75, 3.05) is 40.3 Å². The van der Waals surface area contributed by atoms with Crippen molar-refractivity contribution in [1.29, 1.82) is 0 Å². The summed E-state index contributed by atoms with van der Waals surface area (Å²) in [5.74, 6) is -0.578. The van der Waals surface area contributed by atoms with Gasteiger partial charge in [0.1, 0.15) is 10.6 Å². The Morgan fingerprint density at radius 3 is 2.30 bits per heavy atom. The summed E-state index contributed by atoms with van der Waals surface area (Å²) in [5.41, 5.74) is 0.0229. The molecule has 23 heavy (non-hydrogen) atoms. The molecule has 0 unspecified atom stereocenters. The second kappa shape index (κ2) is 5.06. The summed E-state index contributed by atoms with van der Waals surface area (Å²) < 4.78 is 31.9. The van der Waals surface area contributed by atoms with Gasteiger partial charge in [0.15, 0.2) is 0 Å². The smallest absolute Gasteiger partial charge is 0.354 e. The molecule has 0 aromatic carbocycles. The number of rotatable bonds is 3. The Hall–Kier alpha value is -1.38. The largest absolute Gasteiger partial charge is 0.464 e. The van der Waals surface area contributed by atoms with E-state index in [1.807, 2.05) is 0 Å². The van der Waals surface area contributed by atoms with Gasteiger partial charge in [0.05, 0.1) is 7.11 Å². The van der Waals surface area contributed by atoms with Crippen LogP contribution in [0.25, 0.3) is 0 Å². The Morgan fingerprint density at radius 2 is 1.78 bits per heavy atom. The maximum atomic E-state index is 12.9. The second-order valence-corrected chi connectivity index (χ2v) is 9.25. The Kier molecular flexibility index (Phi) is 3.62. The number of likely N-dealkylation sites (tertiary alicyclic amines) is 1. The first kappa shape index (κ1) is 16.5. The first-order valence-electron chi connectivity index (χ1n) is 7.57. The molecule has 0 spiro atoms. The lowest BCUT2D eigenvalue weighted by Gasteiger charge is -2.30. The monoisotopic (exact) mass is 341 g/mol. The normalized spacial score (nSPS) is 32.2. The Bertz CT molecular complexity index is 724. The fourth-order valence-corrected chi connectivity index (χ4v) is 5.70. The number of H-pyrrole nitrogens is 1. The van der Waals surface area contributed by atoms with Crippen LogP contribution in [0.4, 0.5) is 0 Å². The number of hydrogen-bond donors (Lipinski definition) is 1. The topological polar surface area (TPSA) is 82.7 Å². The number of nitrogens with one attached hydrogen (secondary N) is 1. The molecule has 2 atom stereocenters. The zero-order chi connectivity index (χ0) is 17.0. The Balaban J connectivity index is 1.88. The summed E-state index contributed by atoms with van der Waals surface area (Å²) in [5, 5.41) is 0. The van der Waals surface area contributed by atoms with E-state index < -0.39 is 16.0 Å². The molecule has 0 amide bonds. The molecule has 1 aromatic rings. The van der Waals surface area contributed by atoms with Gasteiger partial charge in [0, 0.05) is 43.2 Å². The van der Waals surface area contributed by atoms with Crippen LogP contribution in [0.5, 0.6) is 0 Å². The van der Waals surface area contributed by atoms with Crippen molar-refractivity contribution in [3.63, 3.8) is 0 Å². The lowest BCUT2D eigenvalue weighted by atomic mass is 9.71. The van der Waals surface area contributed by atoms with Crippen LogP contribution in [0, 0.1) is 10.8 Å². The van der Waals surface area contributed by atoms with Crippen molar-refractivity contribution < 1.29 is 17.9 Å². The fraction of sp³-hybridized carbons (Fsp3) is 0.667. The van der Waals surface area contributed by atoms with Crippen molar-refractivity contribution >= 4 is 16.0 Å². The second-order valence-electron chi connectivity index (χ2n) is 7.31. The predicted molar refractivity (Wildman–Crippen MR) is 84.6 cm³/mol. The van der Waals surface area contributed by atoms with Crippen molar-refractivity contribution in [3.8, 4) is 0 Å². The van der Waals surface area contributed by atoms with E-state index in [1.165, 1.54) is 19.4 Å². The van der Waals surface area contributed by atoms with Gasteiger partial charge >= 0.3 is 5.97 Å². The average molecular weight is 341 g/mol. The van der Waals surface area contributed by atoms with E-state index in [2.05, 4.69) is 35.5 Å². The van der Waals surface area contributed by atoms with Crippen LogP contribution >= 0.6 is 0 Å². The molecule has 0 radical (unpaired) electrons. The number of aromatic nitrogens is 1. The van der Waals surface area contributed by atoms with Gasteiger partial charge in [-0.15, -0.1) is 0 Å². The minimum atomic E-state index is -3.62. The molecule has 2 aliphatic heterocycles. The highest BCUT2D eigenvalue weighted by atomic mass is 32.2. The number of hydrogen-bond acceptors (Lipinski definition) is 5. The zero-order valence-electron chi connectivity index (χ0n) is 13.9. The van der Waals surface area contributed by atoms with E-state index >= 15 is 0 Å². The van der Waals surface area contributed by atoms with Gasteiger partial charge in [0.25, 0.3) is 0 Å². The molecule has 8 heteroatoms. The summed E-state index contributed by atoms with van der Waals surface area (Å²) >= 11 is 0. The summed E-state index contributed by atoms with van der Waals surface area (Å²) in [6.07, 6.45) is 1.35. The van der Waals surface area contributed by atoms with Crippen molar-refractivity contribution in [3.05, 3.63) is 18.0 Å². The lowest BCUT2D eigenvalue weighted by molar-refractivity contribution is 0.0594. The van der Waals surface area contributed by atoms with E-state index in [4.69, 9.17) is 0 Å². The van der Waals surface area contributed by atoms with Gasteiger partial charge in [-0.25, -0.2) is 13.2 Å². The fourth-order valence-electron chi connectivity index (χ4n) is 4.02. The van der Waals surface area contributed by atoms with Crippen molar-refractivity contribution in [1.82, 2.24) is 14.2 Å². The molecule has 2 aliphatic rings. The first-order chi connectivity index (χ1) is 10.6. The molecule has 3 rings (SSSR count). The molecule has 1 N–H and O–H groups in total. The van der Waals surface area contributed by atoms with Gasteiger partial charge in [-0.3, -0.25) is 0 Å². The van der Waals surface area contributed by atoms with Crippen LogP contribution < -0.4 is 0 Å². The molecular weight excluding hydrogens is 318 g/mol. The molecule has 7 nitrogen and oxygen atoms in total. The number of carbonyl (C=O) groups is 1. The molecule has 0 bridgehead atoms. The van der Waals surface area contributed by atoms with E-state index in [0.717, 1.165) is 13.1 Å². The zero-order valence-corrected chi connectivity index (χ0v) is 14.7. The molecule has 2 saturated heterocycles. The Labute approximate surface area is 136 Å². The molecule has 2 fully saturated rings. The van der Waals surface area contributed by atoms with E-state index in [1.54, 1.807) is 4.31 Å². The number of nitrogens with zero attached hydrogens (tertiary/aromatic N) is 2. The van der Waals surface area contributed by atoms with Crippen LogP contribution in [0.1, 0.15) is 24.3 Å². The van der Waals surface area contributed by atoms with Crippen LogP contribution in [-0.2, 0) is 14.8 Å². The van der Waals surface area contributed by atoms with Gasteiger partial charge < -0.3 is 14.6 Å². The predicted octanol–water partition coefficient (Wildman–Crippen LogP) is 0.764. The van der Waals surface area contributed by atoms with Gasteiger partial charge in [-0.1, -0.05) is 13.8 Å². The third-order valence-electron chi connectivity index (χ3n) is 5.45. The molecule has 0 saturated carbocycles. The summed E-state index contributed by atoms with van der Waals surface area (Å²) in [4.78, 5) is 16.5. The average Bonchev–Trinajstić information content (AvgIpc) is 3.07. The Morgan fingerprint density at radius 1 is 1.22 bits per heavy atom. The molecule has 1 aromatic heterocycles. The number of carbonyl (C=O) groups excluding carboxylic acids is 1. The number of sulfonamides is 1. The maximum Gasteiger partial charge on any atom is 0.354 e. The quantitative estimate of drug-likeness (QED) is 0.821. The van der Waals surface area contributed by atoms with Crippen molar-refractivity contribution in [2.45, 2.75) is 18.7 Å². The lowest BCUT2D eigenvalue weighted by Crippen LogP contribution is -2.34. The third-order valence-corrected chi connectivity index (χ3v) is 7.21. The number of methoxy groups -OCH3 is 1.